The number of phenolic OH excluding ortho intramolecular Hbond substituents is 1. The van der Waals surface area contributed by atoms with E-state index in [1.165, 1.54) is 18.2 Å². The number of halogens is 1. The number of aromatic nitrogens is 3. The van der Waals surface area contributed by atoms with Crippen LogP contribution in [0.25, 0.3) is 21.8 Å². The molecule has 1 unspecified atom stereocenters. The van der Waals surface area contributed by atoms with Crippen LogP contribution in [-0.2, 0) is 7.05 Å². The molecule has 3 aromatic carbocycles. The number of hydrogen-bond acceptors (Lipinski definition) is 3. The molecule has 5 rings (SSSR count). The summed E-state index contributed by atoms with van der Waals surface area (Å²) in [6.45, 7) is 0. The molecule has 0 saturated heterocycles. The maximum atomic E-state index is 14.1. The summed E-state index contributed by atoms with van der Waals surface area (Å²) in [4.78, 5) is 16.5. The van der Waals surface area contributed by atoms with Gasteiger partial charge in [-0.15, -0.1) is 0 Å². The molecule has 0 saturated carbocycles. The summed E-state index contributed by atoms with van der Waals surface area (Å²) < 4.78 is 15.7. The van der Waals surface area contributed by atoms with Gasteiger partial charge in [-0.1, -0.05) is 36.4 Å². The third-order valence-corrected chi connectivity index (χ3v) is 5.41. The molecule has 0 aliphatic heterocycles. The Morgan fingerprint density at radius 1 is 1.10 bits per heavy atom. The number of para-hydroxylation sites is 2. The molecule has 0 fully saturated rings. The number of nitrogens with zero attached hydrogens (tertiary/aromatic N) is 2. The van der Waals surface area contributed by atoms with Crippen molar-refractivity contribution in [2.75, 3.05) is 0 Å². The van der Waals surface area contributed by atoms with Gasteiger partial charge < -0.3 is 15.4 Å². The number of phenols is 1. The number of aromatic amines is 1. The maximum Gasteiger partial charge on any atom is 0.273 e. The van der Waals surface area contributed by atoms with Gasteiger partial charge in [0.2, 0.25) is 0 Å². The summed E-state index contributed by atoms with van der Waals surface area (Å²) in [6.07, 6.45) is 0. The fourth-order valence-corrected chi connectivity index (χ4v) is 3.91. The van der Waals surface area contributed by atoms with E-state index < -0.39 is 17.8 Å². The number of aryl methyl sites for hydroxylation is 1. The van der Waals surface area contributed by atoms with Gasteiger partial charge in [-0.2, -0.15) is 5.10 Å². The second-order valence-electron chi connectivity index (χ2n) is 7.41. The summed E-state index contributed by atoms with van der Waals surface area (Å²) in [7, 11) is 1.77. The molecule has 0 radical (unpaired) electrons. The van der Waals surface area contributed by atoms with Crippen LogP contribution in [0.4, 0.5) is 4.39 Å². The van der Waals surface area contributed by atoms with E-state index >= 15 is 0 Å². The minimum atomic E-state index is -0.809. The van der Waals surface area contributed by atoms with Crippen LogP contribution >= 0.6 is 0 Å². The molecule has 5 aromatic rings. The number of hydrogen-bond donors (Lipinski definition) is 3. The maximum absolute atomic E-state index is 14.1. The molecule has 1 atom stereocenters. The molecule has 0 aliphatic rings. The molecule has 0 spiro atoms. The zero-order chi connectivity index (χ0) is 21.5. The van der Waals surface area contributed by atoms with E-state index in [-0.39, 0.29) is 17.0 Å². The molecule has 154 valence electrons. The average molecular weight is 414 g/mol. The summed E-state index contributed by atoms with van der Waals surface area (Å²) in [6, 6.07) is 19.8. The van der Waals surface area contributed by atoms with Crippen molar-refractivity contribution >= 4 is 27.7 Å². The average Bonchev–Trinajstić information content (AvgIpc) is 3.35. The SMILES string of the molecule is Cn1nc(C(=O)NC(c2cc3ccccc3[nH]2)c2cc(F)ccc2O)c2ccccc21. The molecule has 0 aliphatic carbocycles. The lowest BCUT2D eigenvalue weighted by atomic mass is 10.0. The highest BCUT2D eigenvalue weighted by Crippen LogP contribution is 2.32. The van der Waals surface area contributed by atoms with E-state index in [0.717, 1.165) is 16.4 Å². The van der Waals surface area contributed by atoms with Crippen molar-refractivity contribution in [1.29, 1.82) is 0 Å². The minimum Gasteiger partial charge on any atom is -0.508 e. The lowest BCUT2D eigenvalue weighted by Gasteiger charge is -2.19. The Morgan fingerprint density at radius 3 is 2.71 bits per heavy atom. The molecule has 6 nitrogen and oxygen atoms in total. The third kappa shape index (κ3) is 3.30. The van der Waals surface area contributed by atoms with E-state index in [2.05, 4.69) is 15.4 Å². The van der Waals surface area contributed by atoms with Gasteiger partial charge in [0.05, 0.1) is 11.6 Å². The quantitative estimate of drug-likeness (QED) is 0.407. The number of nitrogens with one attached hydrogen (secondary N) is 2. The second-order valence-corrected chi connectivity index (χ2v) is 7.41. The van der Waals surface area contributed by atoms with E-state index in [9.17, 15) is 14.3 Å². The first-order valence-electron chi connectivity index (χ1n) is 9.80. The van der Waals surface area contributed by atoms with E-state index in [0.29, 0.717) is 11.1 Å². The number of H-pyrrole nitrogens is 1. The standard InChI is InChI=1S/C24H19FN4O2/c1-29-20-9-5-3-7-16(20)23(28-29)24(31)27-22(17-13-15(25)10-11-21(17)30)19-12-14-6-2-4-8-18(14)26-19/h2-13,22,26,30H,1H3,(H,27,31). The Bertz CT molecular complexity index is 1400. The van der Waals surface area contributed by atoms with Crippen molar-refractivity contribution < 1.29 is 14.3 Å². The van der Waals surface area contributed by atoms with Gasteiger partial charge in [-0.05, 0) is 41.8 Å². The molecule has 2 heterocycles. The van der Waals surface area contributed by atoms with Crippen LogP contribution in [0.15, 0.2) is 72.8 Å². The van der Waals surface area contributed by atoms with E-state index in [1.807, 2.05) is 54.6 Å². The smallest absolute Gasteiger partial charge is 0.273 e. The molecule has 0 bridgehead atoms. The van der Waals surface area contributed by atoms with Gasteiger partial charge in [0.1, 0.15) is 11.6 Å². The van der Waals surface area contributed by atoms with Crippen LogP contribution in [0.1, 0.15) is 27.8 Å². The van der Waals surface area contributed by atoms with Gasteiger partial charge >= 0.3 is 0 Å². The monoisotopic (exact) mass is 414 g/mol. The van der Waals surface area contributed by atoms with Crippen LogP contribution in [0.5, 0.6) is 5.75 Å². The van der Waals surface area contributed by atoms with Crippen molar-refractivity contribution in [2.24, 2.45) is 7.05 Å². The van der Waals surface area contributed by atoms with Crippen LogP contribution in [-0.4, -0.2) is 25.8 Å². The fraction of sp³-hybridized carbons (Fsp3) is 0.0833. The van der Waals surface area contributed by atoms with Crippen molar-refractivity contribution in [3.63, 3.8) is 0 Å². The number of aromatic hydroxyl groups is 1. The highest BCUT2D eigenvalue weighted by atomic mass is 19.1. The van der Waals surface area contributed by atoms with Gasteiger partial charge in [0.25, 0.3) is 5.91 Å². The Morgan fingerprint density at radius 2 is 1.87 bits per heavy atom. The minimum absolute atomic E-state index is 0.115. The predicted octanol–water partition coefficient (Wildman–Crippen LogP) is 4.42. The summed E-state index contributed by atoms with van der Waals surface area (Å²) in [5, 5.41) is 19.4. The van der Waals surface area contributed by atoms with Crippen molar-refractivity contribution in [2.45, 2.75) is 6.04 Å². The first-order valence-corrected chi connectivity index (χ1v) is 9.80. The Labute approximate surface area is 176 Å². The highest BCUT2D eigenvalue weighted by Gasteiger charge is 2.25. The number of rotatable bonds is 4. The Kier molecular flexibility index (Phi) is 4.43. The second kappa shape index (κ2) is 7.28. The van der Waals surface area contributed by atoms with Gasteiger partial charge in [0, 0.05) is 29.2 Å². The van der Waals surface area contributed by atoms with Gasteiger partial charge in [0.15, 0.2) is 5.69 Å². The normalized spacial score (nSPS) is 12.3. The zero-order valence-electron chi connectivity index (χ0n) is 16.6. The van der Waals surface area contributed by atoms with E-state index in [1.54, 1.807) is 11.7 Å². The first-order chi connectivity index (χ1) is 15.0. The summed E-state index contributed by atoms with van der Waals surface area (Å²) in [5.41, 5.74) is 2.82. The molecule has 2 aromatic heterocycles. The zero-order valence-corrected chi connectivity index (χ0v) is 16.6. The molecule has 31 heavy (non-hydrogen) atoms. The van der Waals surface area contributed by atoms with Crippen LogP contribution < -0.4 is 5.32 Å². The first kappa shape index (κ1) is 18.9. The molecule has 7 heteroatoms. The topological polar surface area (TPSA) is 82.9 Å². The van der Waals surface area contributed by atoms with Crippen molar-refractivity contribution in [1.82, 2.24) is 20.1 Å². The fourth-order valence-electron chi connectivity index (χ4n) is 3.91. The highest BCUT2D eigenvalue weighted by molar-refractivity contribution is 6.05. The number of carbonyl (C=O) groups is 1. The van der Waals surface area contributed by atoms with Crippen LogP contribution in [0.3, 0.4) is 0 Å². The van der Waals surface area contributed by atoms with Crippen molar-refractivity contribution in [3.05, 3.63) is 95.6 Å². The lowest BCUT2D eigenvalue weighted by molar-refractivity contribution is 0.0938. The molecule has 3 N–H and O–H groups in total. The molecular weight excluding hydrogens is 395 g/mol. The number of amides is 1. The largest absolute Gasteiger partial charge is 0.508 e. The van der Waals surface area contributed by atoms with Gasteiger partial charge in [-0.25, -0.2) is 4.39 Å². The van der Waals surface area contributed by atoms with E-state index in [4.69, 9.17) is 0 Å². The lowest BCUT2D eigenvalue weighted by Crippen LogP contribution is -2.30. The summed E-state index contributed by atoms with van der Waals surface area (Å²) in [5.74, 6) is -1.05. The van der Waals surface area contributed by atoms with Gasteiger partial charge in [-0.3, -0.25) is 9.48 Å². The Hall–Kier alpha value is -4.13. The Balaban J connectivity index is 1.61. The predicted molar refractivity (Wildman–Crippen MR) is 116 cm³/mol. The number of fused-ring (bicyclic) bond motifs is 2. The van der Waals surface area contributed by atoms with Crippen molar-refractivity contribution in [3.8, 4) is 5.75 Å². The molecule has 1 amide bonds. The number of benzene rings is 3. The third-order valence-electron chi connectivity index (χ3n) is 5.41. The van der Waals surface area contributed by atoms with Crippen LogP contribution in [0, 0.1) is 5.82 Å². The summed E-state index contributed by atoms with van der Waals surface area (Å²) >= 11 is 0. The number of carbonyl (C=O) groups excluding carboxylic acids is 1. The van der Waals surface area contributed by atoms with Crippen LogP contribution in [0.2, 0.25) is 0 Å². The molecular formula is C24H19FN4O2.